The molecule has 0 aliphatic carbocycles. The number of carbonyl (C=O) groups is 1. The number of nitrogens with one attached hydrogen (secondary N) is 2. The third-order valence-corrected chi connectivity index (χ3v) is 7.73. The van der Waals surface area contributed by atoms with Crippen molar-refractivity contribution in [2.75, 3.05) is 4.72 Å². The zero-order valence-corrected chi connectivity index (χ0v) is 21.2. The Bertz CT molecular complexity index is 1480. The predicted molar refractivity (Wildman–Crippen MR) is 133 cm³/mol. The Kier molecular flexibility index (Phi) is 6.85. The number of benzene rings is 1. The zero-order chi connectivity index (χ0) is 25.2. The highest BCUT2D eigenvalue weighted by atomic mass is 32.2. The molecule has 12 heteroatoms. The van der Waals surface area contributed by atoms with Gasteiger partial charge in [-0.3, -0.25) is 9.52 Å². The minimum Gasteiger partial charge on any atom is -0.439 e. The third-order valence-electron chi connectivity index (χ3n) is 4.77. The molecule has 0 atom stereocenters. The van der Waals surface area contributed by atoms with Gasteiger partial charge in [0, 0.05) is 29.2 Å². The monoisotopic (exact) mass is 512 g/mol. The normalized spacial score (nSPS) is 11.3. The average molecular weight is 513 g/mol. The number of ether oxygens (including phenoxy) is 1. The molecule has 0 spiro atoms. The third kappa shape index (κ3) is 6.03. The van der Waals surface area contributed by atoms with Crippen LogP contribution in [0.1, 0.15) is 29.0 Å². The summed E-state index contributed by atoms with van der Waals surface area (Å²) in [4.78, 5) is 20.6. The van der Waals surface area contributed by atoms with Crippen molar-refractivity contribution in [1.29, 1.82) is 0 Å². The number of thiophene rings is 1. The Morgan fingerprint density at radius 2 is 1.80 bits per heavy atom. The van der Waals surface area contributed by atoms with E-state index >= 15 is 0 Å². The van der Waals surface area contributed by atoms with Gasteiger partial charge in [-0.05, 0) is 63.2 Å². The molecule has 0 aliphatic heterocycles. The molecule has 3 aromatic heterocycles. The summed E-state index contributed by atoms with van der Waals surface area (Å²) < 4.78 is 35.8. The molecule has 10 nitrogen and oxygen atoms in total. The van der Waals surface area contributed by atoms with Crippen LogP contribution in [-0.4, -0.2) is 34.1 Å². The quantitative estimate of drug-likeness (QED) is 0.367. The lowest BCUT2D eigenvalue weighted by Gasteiger charge is -2.10. The van der Waals surface area contributed by atoms with Crippen molar-refractivity contribution >= 4 is 33.0 Å². The number of rotatable bonds is 8. The molecule has 0 radical (unpaired) electrons. The molecule has 35 heavy (non-hydrogen) atoms. The molecule has 4 rings (SSSR count). The van der Waals surface area contributed by atoms with Crippen molar-refractivity contribution in [2.45, 2.75) is 38.4 Å². The first-order valence-corrected chi connectivity index (χ1v) is 12.9. The predicted octanol–water partition coefficient (Wildman–Crippen LogP) is 3.88. The molecule has 1 amide bonds. The molecular weight excluding hydrogens is 488 g/mol. The van der Waals surface area contributed by atoms with E-state index < -0.39 is 10.0 Å². The van der Waals surface area contributed by atoms with Crippen molar-refractivity contribution in [3.63, 3.8) is 0 Å². The van der Waals surface area contributed by atoms with E-state index in [0.29, 0.717) is 29.0 Å². The summed E-state index contributed by atoms with van der Waals surface area (Å²) in [6.07, 6.45) is 0. The molecule has 0 fully saturated rings. The Hall–Kier alpha value is -3.77. The van der Waals surface area contributed by atoms with Crippen LogP contribution in [0.5, 0.6) is 11.6 Å². The lowest BCUT2D eigenvalue weighted by atomic mass is 10.3. The van der Waals surface area contributed by atoms with E-state index in [1.807, 2.05) is 19.9 Å². The van der Waals surface area contributed by atoms with Crippen molar-refractivity contribution in [2.24, 2.45) is 0 Å². The number of amides is 1. The smallest absolute Gasteiger partial charge is 0.271 e. The fourth-order valence-corrected chi connectivity index (χ4v) is 5.63. The van der Waals surface area contributed by atoms with E-state index in [-0.39, 0.29) is 16.7 Å². The van der Waals surface area contributed by atoms with Crippen molar-refractivity contribution in [3.8, 4) is 17.4 Å². The van der Waals surface area contributed by atoms with Crippen molar-refractivity contribution in [1.82, 2.24) is 25.1 Å². The number of sulfonamides is 1. The van der Waals surface area contributed by atoms with Crippen LogP contribution in [0, 0.1) is 20.8 Å². The van der Waals surface area contributed by atoms with E-state index in [2.05, 4.69) is 25.1 Å². The molecule has 0 saturated heterocycles. The van der Waals surface area contributed by atoms with Gasteiger partial charge in [0.25, 0.3) is 10.0 Å². The molecule has 0 aliphatic rings. The standard InChI is InChI=1S/C23H24N6O4S2/c1-14-11-15(2)29(27-14)21-12-22(26-16(3)25-21)33-19-7-5-18(6-8-19)28-35(31,32)23-10-9-20(34-23)13-24-17(4)30/h5-12,28H,13H2,1-4H3,(H,24,30). The Morgan fingerprint density at radius 3 is 2.46 bits per heavy atom. The number of anilines is 1. The summed E-state index contributed by atoms with van der Waals surface area (Å²) in [6.45, 7) is 7.31. The molecule has 0 saturated carbocycles. The number of aromatic nitrogens is 4. The topological polar surface area (TPSA) is 128 Å². The molecular formula is C23H24N6O4S2. The average Bonchev–Trinajstić information content (AvgIpc) is 3.39. The van der Waals surface area contributed by atoms with Crippen LogP contribution >= 0.6 is 11.3 Å². The first-order valence-electron chi connectivity index (χ1n) is 10.6. The highest BCUT2D eigenvalue weighted by molar-refractivity contribution is 7.94. The Labute approximate surface area is 207 Å². The van der Waals surface area contributed by atoms with Gasteiger partial charge in [-0.2, -0.15) is 10.1 Å². The zero-order valence-electron chi connectivity index (χ0n) is 19.6. The summed E-state index contributed by atoms with van der Waals surface area (Å²) in [7, 11) is -3.76. The van der Waals surface area contributed by atoms with Crippen molar-refractivity contribution < 1.29 is 17.9 Å². The summed E-state index contributed by atoms with van der Waals surface area (Å²) in [5.74, 6) is 1.78. The van der Waals surface area contributed by atoms with Crippen LogP contribution in [-0.2, 0) is 21.4 Å². The van der Waals surface area contributed by atoms with Gasteiger partial charge in [-0.1, -0.05) is 0 Å². The maximum Gasteiger partial charge on any atom is 0.271 e. The van der Waals surface area contributed by atoms with E-state index in [1.165, 1.54) is 13.0 Å². The van der Waals surface area contributed by atoms with Crippen LogP contribution in [0.3, 0.4) is 0 Å². The second kappa shape index (κ2) is 9.84. The second-order valence-electron chi connectivity index (χ2n) is 7.81. The van der Waals surface area contributed by atoms with Gasteiger partial charge in [0.15, 0.2) is 5.82 Å². The van der Waals surface area contributed by atoms with E-state index in [0.717, 1.165) is 27.6 Å². The van der Waals surface area contributed by atoms with Crippen molar-refractivity contribution in [3.05, 3.63) is 70.6 Å². The number of carbonyl (C=O) groups excluding carboxylic acids is 1. The highest BCUT2D eigenvalue weighted by Crippen LogP contribution is 2.27. The Balaban J connectivity index is 1.46. The minimum absolute atomic E-state index is 0.159. The van der Waals surface area contributed by atoms with Crippen LogP contribution in [0.15, 0.2) is 52.7 Å². The van der Waals surface area contributed by atoms with Crippen LogP contribution < -0.4 is 14.8 Å². The molecule has 0 unspecified atom stereocenters. The first kappa shape index (κ1) is 24.4. The Morgan fingerprint density at radius 1 is 1.06 bits per heavy atom. The number of nitrogens with zero attached hydrogens (tertiary/aromatic N) is 4. The van der Waals surface area contributed by atoms with Crippen LogP contribution in [0.25, 0.3) is 5.82 Å². The van der Waals surface area contributed by atoms with Gasteiger partial charge >= 0.3 is 0 Å². The molecule has 4 aromatic rings. The van der Waals surface area contributed by atoms with Crippen LogP contribution in [0.2, 0.25) is 0 Å². The second-order valence-corrected chi connectivity index (χ2v) is 10.9. The fourth-order valence-electron chi connectivity index (χ4n) is 3.27. The van der Waals surface area contributed by atoms with E-state index in [9.17, 15) is 13.2 Å². The number of aryl methyl sites for hydroxylation is 3. The van der Waals surface area contributed by atoms with E-state index in [1.54, 1.807) is 48.0 Å². The van der Waals surface area contributed by atoms with Gasteiger partial charge in [-0.15, -0.1) is 11.3 Å². The molecule has 1 aromatic carbocycles. The lowest BCUT2D eigenvalue weighted by Crippen LogP contribution is -2.18. The molecule has 0 bridgehead atoms. The van der Waals surface area contributed by atoms with Gasteiger partial charge in [-0.25, -0.2) is 18.1 Å². The number of hydrogen-bond donors (Lipinski definition) is 2. The number of hydrogen-bond acceptors (Lipinski definition) is 8. The SMILES string of the molecule is CC(=O)NCc1ccc(S(=O)(=O)Nc2ccc(Oc3cc(-n4nc(C)cc4C)nc(C)n3)cc2)s1. The van der Waals surface area contributed by atoms with Crippen LogP contribution in [0.4, 0.5) is 5.69 Å². The molecule has 2 N–H and O–H groups in total. The maximum atomic E-state index is 12.7. The first-order chi connectivity index (χ1) is 16.6. The summed E-state index contributed by atoms with van der Waals surface area (Å²) in [5, 5.41) is 7.10. The van der Waals surface area contributed by atoms with Gasteiger partial charge in [0.1, 0.15) is 15.8 Å². The highest BCUT2D eigenvalue weighted by Gasteiger charge is 2.17. The molecule has 3 heterocycles. The fraction of sp³-hybridized carbons (Fsp3) is 0.217. The van der Waals surface area contributed by atoms with E-state index in [4.69, 9.17) is 4.74 Å². The van der Waals surface area contributed by atoms with Gasteiger partial charge in [0.05, 0.1) is 12.2 Å². The summed E-state index contributed by atoms with van der Waals surface area (Å²) in [6, 6.07) is 13.3. The maximum absolute atomic E-state index is 12.7. The lowest BCUT2D eigenvalue weighted by molar-refractivity contribution is -0.119. The van der Waals surface area contributed by atoms with Gasteiger partial charge < -0.3 is 10.1 Å². The minimum atomic E-state index is -3.76. The largest absolute Gasteiger partial charge is 0.439 e. The summed E-state index contributed by atoms with van der Waals surface area (Å²) >= 11 is 1.10. The summed E-state index contributed by atoms with van der Waals surface area (Å²) in [5.41, 5.74) is 2.21. The van der Waals surface area contributed by atoms with Gasteiger partial charge in [0.2, 0.25) is 11.8 Å². The molecule has 182 valence electrons.